The first-order chi connectivity index (χ1) is 12.0. The number of nitrogens with one attached hydrogen (secondary N) is 2. The van der Waals surface area contributed by atoms with E-state index in [2.05, 4.69) is 26.6 Å². The highest BCUT2D eigenvalue weighted by Gasteiger charge is 2.06. The summed E-state index contributed by atoms with van der Waals surface area (Å²) in [7, 11) is 3.23. The van der Waals surface area contributed by atoms with Gasteiger partial charge in [-0.05, 0) is 55.3 Å². The third-order valence-corrected chi connectivity index (χ3v) is 4.63. The van der Waals surface area contributed by atoms with Gasteiger partial charge >= 0.3 is 0 Å². The predicted molar refractivity (Wildman–Crippen MR) is 104 cm³/mol. The molecule has 7 heteroatoms. The molecule has 0 radical (unpaired) electrons. The van der Waals surface area contributed by atoms with Crippen molar-refractivity contribution in [3.63, 3.8) is 0 Å². The molecule has 0 atom stereocenters. The SMILES string of the molecule is COc1ccc(CCNCC(=O)Nc2ccc(C)c(Br)c2)cc1OC.[Cl-]. The molecule has 0 fully saturated rings. The Morgan fingerprint density at radius 2 is 1.81 bits per heavy atom. The molecule has 2 aromatic carbocycles. The van der Waals surface area contributed by atoms with Crippen LogP contribution in [0.15, 0.2) is 40.9 Å². The van der Waals surface area contributed by atoms with Gasteiger partial charge in [-0.1, -0.05) is 28.1 Å². The van der Waals surface area contributed by atoms with Crippen molar-refractivity contribution in [2.24, 2.45) is 0 Å². The molecule has 0 saturated carbocycles. The maximum absolute atomic E-state index is 12.0. The van der Waals surface area contributed by atoms with E-state index in [1.165, 1.54) is 0 Å². The predicted octanol–water partition coefficient (Wildman–Crippen LogP) is 0.550. The van der Waals surface area contributed by atoms with Crippen LogP contribution in [0.25, 0.3) is 0 Å². The Morgan fingerprint density at radius 3 is 2.46 bits per heavy atom. The number of hydrogen-bond donors (Lipinski definition) is 2. The first-order valence-corrected chi connectivity index (χ1v) is 8.80. The molecule has 2 N–H and O–H groups in total. The number of benzene rings is 2. The van der Waals surface area contributed by atoms with E-state index in [0.717, 1.165) is 27.7 Å². The average molecular weight is 443 g/mol. The van der Waals surface area contributed by atoms with E-state index in [0.29, 0.717) is 18.0 Å². The minimum atomic E-state index is -0.0666. The second-order valence-electron chi connectivity index (χ2n) is 5.63. The van der Waals surface area contributed by atoms with Gasteiger partial charge in [-0.25, -0.2) is 0 Å². The second kappa shape index (κ2) is 11.1. The molecule has 26 heavy (non-hydrogen) atoms. The van der Waals surface area contributed by atoms with Crippen LogP contribution in [0, 0.1) is 6.92 Å². The van der Waals surface area contributed by atoms with Crippen molar-refractivity contribution in [3.8, 4) is 11.5 Å². The number of anilines is 1. The van der Waals surface area contributed by atoms with E-state index < -0.39 is 0 Å². The summed E-state index contributed by atoms with van der Waals surface area (Å²) in [5.41, 5.74) is 3.03. The molecule has 0 spiro atoms. The lowest BCUT2D eigenvalue weighted by Gasteiger charge is -2.10. The number of aryl methyl sites for hydroxylation is 1. The maximum Gasteiger partial charge on any atom is 0.238 e. The summed E-state index contributed by atoms with van der Waals surface area (Å²) in [5, 5.41) is 6.02. The lowest BCUT2D eigenvalue weighted by molar-refractivity contribution is -0.115. The Labute approximate surface area is 169 Å². The van der Waals surface area contributed by atoms with E-state index in [9.17, 15) is 4.79 Å². The highest BCUT2D eigenvalue weighted by molar-refractivity contribution is 9.10. The summed E-state index contributed by atoms with van der Waals surface area (Å²) in [6.07, 6.45) is 0.795. The number of carbonyl (C=O) groups is 1. The molecule has 0 aromatic heterocycles. The van der Waals surface area contributed by atoms with Crippen molar-refractivity contribution in [2.75, 3.05) is 32.6 Å². The Kier molecular flexibility index (Phi) is 9.48. The van der Waals surface area contributed by atoms with Gasteiger partial charge in [0.2, 0.25) is 5.91 Å². The molecular formula is C19H23BrClN2O3-. The average Bonchev–Trinajstić information content (AvgIpc) is 2.61. The summed E-state index contributed by atoms with van der Waals surface area (Å²) >= 11 is 3.46. The van der Waals surface area contributed by atoms with Crippen molar-refractivity contribution < 1.29 is 26.7 Å². The van der Waals surface area contributed by atoms with Crippen LogP contribution >= 0.6 is 15.9 Å². The highest BCUT2D eigenvalue weighted by atomic mass is 79.9. The fourth-order valence-electron chi connectivity index (χ4n) is 2.35. The number of halogens is 2. The van der Waals surface area contributed by atoms with Crippen molar-refractivity contribution in [3.05, 3.63) is 52.0 Å². The van der Waals surface area contributed by atoms with Crippen LogP contribution in [-0.2, 0) is 11.2 Å². The minimum Gasteiger partial charge on any atom is -1.00 e. The molecular weight excluding hydrogens is 420 g/mol. The molecule has 5 nitrogen and oxygen atoms in total. The van der Waals surface area contributed by atoms with Crippen LogP contribution in [0.1, 0.15) is 11.1 Å². The third kappa shape index (κ3) is 6.52. The molecule has 142 valence electrons. The van der Waals surface area contributed by atoms with E-state index in [1.807, 2.05) is 43.3 Å². The standard InChI is InChI=1S/C19H23BrN2O3.ClH/c1-13-4-6-15(11-16(13)20)22-19(23)12-21-9-8-14-5-7-17(24-2)18(10-14)25-3;/h4-7,10-11,21H,8-9,12H2,1-3H3,(H,22,23);1H/p-1. The van der Waals surface area contributed by atoms with Crippen LogP contribution in [-0.4, -0.2) is 33.2 Å². The minimum absolute atomic E-state index is 0. The smallest absolute Gasteiger partial charge is 0.238 e. The fraction of sp³-hybridized carbons (Fsp3) is 0.316. The number of ether oxygens (including phenoxy) is 2. The molecule has 0 bridgehead atoms. The van der Waals surface area contributed by atoms with Crippen molar-refractivity contribution in [2.45, 2.75) is 13.3 Å². The zero-order valence-electron chi connectivity index (χ0n) is 15.1. The van der Waals surface area contributed by atoms with Gasteiger partial charge in [0.25, 0.3) is 0 Å². The van der Waals surface area contributed by atoms with Gasteiger partial charge in [-0.2, -0.15) is 0 Å². The van der Waals surface area contributed by atoms with Gasteiger partial charge in [0.05, 0.1) is 20.8 Å². The van der Waals surface area contributed by atoms with Crippen LogP contribution in [0.5, 0.6) is 11.5 Å². The van der Waals surface area contributed by atoms with Crippen LogP contribution in [0.3, 0.4) is 0 Å². The van der Waals surface area contributed by atoms with Gasteiger partial charge in [0.1, 0.15) is 0 Å². The highest BCUT2D eigenvalue weighted by Crippen LogP contribution is 2.27. The lowest BCUT2D eigenvalue weighted by atomic mass is 10.1. The van der Waals surface area contributed by atoms with Gasteiger partial charge in [0, 0.05) is 10.2 Å². The molecule has 2 rings (SSSR count). The molecule has 0 saturated heterocycles. The maximum atomic E-state index is 12.0. The summed E-state index contributed by atoms with van der Waals surface area (Å²) in [5.74, 6) is 1.36. The number of hydrogen-bond acceptors (Lipinski definition) is 4. The molecule has 0 aliphatic heterocycles. The van der Waals surface area contributed by atoms with Gasteiger partial charge in [-0.15, -0.1) is 0 Å². The first-order valence-electron chi connectivity index (χ1n) is 8.01. The molecule has 1 amide bonds. The number of amides is 1. The topological polar surface area (TPSA) is 59.6 Å². The van der Waals surface area contributed by atoms with E-state index in [4.69, 9.17) is 9.47 Å². The second-order valence-corrected chi connectivity index (χ2v) is 6.48. The Bertz CT molecular complexity index is 741. The quantitative estimate of drug-likeness (QED) is 0.586. The molecule has 0 aliphatic rings. The summed E-state index contributed by atoms with van der Waals surface area (Å²) in [6, 6.07) is 11.6. The number of carbonyl (C=O) groups excluding carboxylic acids is 1. The monoisotopic (exact) mass is 441 g/mol. The van der Waals surface area contributed by atoms with Crippen LogP contribution in [0.4, 0.5) is 5.69 Å². The Morgan fingerprint density at radius 1 is 1.08 bits per heavy atom. The Balaban J connectivity index is 0.00000338. The lowest BCUT2D eigenvalue weighted by Crippen LogP contribution is -3.00. The molecule has 0 unspecified atom stereocenters. The van der Waals surface area contributed by atoms with Gasteiger partial charge < -0.3 is 32.5 Å². The summed E-state index contributed by atoms with van der Waals surface area (Å²) < 4.78 is 11.5. The molecule has 2 aromatic rings. The van der Waals surface area contributed by atoms with Crippen molar-refractivity contribution >= 4 is 27.5 Å². The van der Waals surface area contributed by atoms with Gasteiger partial charge in [-0.3, -0.25) is 4.79 Å². The molecule has 0 heterocycles. The van der Waals surface area contributed by atoms with E-state index >= 15 is 0 Å². The van der Waals surface area contributed by atoms with Crippen molar-refractivity contribution in [1.82, 2.24) is 5.32 Å². The normalized spacial score (nSPS) is 10.0. The van der Waals surface area contributed by atoms with Gasteiger partial charge in [0.15, 0.2) is 11.5 Å². The number of rotatable bonds is 8. The van der Waals surface area contributed by atoms with Crippen molar-refractivity contribution in [1.29, 1.82) is 0 Å². The van der Waals surface area contributed by atoms with E-state index in [-0.39, 0.29) is 24.9 Å². The third-order valence-electron chi connectivity index (χ3n) is 3.78. The molecule has 0 aliphatic carbocycles. The fourth-order valence-corrected chi connectivity index (χ4v) is 2.73. The summed E-state index contributed by atoms with van der Waals surface area (Å²) in [4.78, 5) is 12.0. The summed E-state index contributed by atoms with van der Waals surface area (Å²) in [6.45, 7) is 2.96. The largest absolute Gasteiger partial charge is 1.00 e. The van der Waals surface area contributed by atoms with E-state index in [1.54, 1.807) is 14.2 Å². The van der Waals surface area contributed by atoms with Crippen LogP contribution in [0.2, 0.25) is 0 Å². The zero-order valence-corrected chi connectivity index (χ0v) is 17.4. The number of methoxy groups -OCH3 is 2. The first kappa shape index (κ1) is 22.3. The van der Waals surface area contributed by atoms with Crippen LogP contribution < -0.4 is 32.5 Å². The zero-order chi connectivity index (χ0) is 18.2. The Hall–Kier alpha value is -1.76.